The molecule has 2 unspecified atom stereocenters. The number of hydrogen-bond acceptors (Lipinski definition) is 5. The summed E-state index contributed by atoms with van der Waals surface area (Å²) in [5.41, 5.74) is 11.4. The predicted octanol–water partition coefficient (Wildman–Crippen LogP) is 9.75. The standard InChI is InChI=1S/C20H33N2O4.C13H20.C2H6.Fm/c1-13(2)10-15(18-16(23)11-20(3,4)12-17(18)24)22-9-7-6-8-14(21)19(25)26-5;1-4-6-12(5-2)13-9-7-11(3)8-10-13;1-2;/h13-14,21,23H,6-12H2,1-5H3;7-10,12H,4-6H2,1-3H3;1-2H3;/q-1;;;. The van der Waals surface area contributed by atoms with Gasteiger partial charge in [0.25, 0.3) is 5.97 Å². The van der Waals surface area contributed by atoms with Crippen molar-refractivity contribution in [3.8, 4) is 0 Å². The van der Waals surface area contributed by atoms with Crippen LogP contribution in [0.25, 0.3) is 5.73 Å². The molecule has 0 saturated carbocycles. The molecule has 246 valence electrons. The quantitative estimate of drug-likeness (QED) is 0.122. The van der Waals surface area contributed by atoms with Crippen LogP contribution < -0.4 is 0 Å². The minimum Gasteiger partial charge on any atom is -0.665 e. The van der Waals surface area contributed by atoms with Crippen LogP contribution in [-0.4, -0.2) is 42.3 Å². The van der Waals surface area contributed by atoms with Gasteiger partial charge in [-0.2, -0.15) is 0 Å². The molecule has 0 amide bonds. The maximum absolute atomic E-state index is 12.6. The molecule has 42 heavy (non-hydrogen) atoms. The van der Waals surface area contributed by atoms with Crippen molar-refractivity contribution in [3.63, 3.8) is 0 Å². The van der Waals surface area contributed by atoms with Crippen LogP contribution in [-0.2, 0) is 14.3 Å². The van der Waals surface area contributed by atoms with E-state index in [2.05, 4.69) is 68.6 Å². The summed E-state index contributed by atoms with van der Waals surface area (Å²) in [4.78, 5) is 28.4. The predicted molar refractivity (Wildman–Crippen MR) is 174 cm³/mol. The number of nitrogens with zero attached hydrogens (tertiary/aromatic N) is 1. The third kappa shape index (κ3) is 15.0. The Morgan fingerprint density at radius 2 is 1.67 bits per heavy atom. The van der Waals surface area contributed by atoms with E-state index in [-0.39, 0.29) is 17.0 Å². The zero-order valence-corrected chi connectivity index (χ0v) is 30.4. The van der Waals surface area contributed by atoms with Crippen molar-refractivity contribution in [1.82, 2.24) is 0 Å². The Morgan fingerprint density at radius 3 is 2.14 bits per heavy atom. The first-order chi connectivity index (χ1) is 19.3. The fraction of sp³-hybridized carbons (Fsp3) is 0.686. The molecular weight excluding hydrogens is 769 g/mol. The zero-order chi connectivity index (χ0) is 31.6. The Balaban J connectivity index is 0. The maximum Gasteiger partial charge on any atom is 0.287 e. The Morgan fingerprint density at radius 1 is 1.07 bits per heavy atom. The van der Waals surface area contributed by atoms with Crippen molar-refractivity contribution in [2.75, 3.05) is 13.7 Å². The van der Waals surface area contributed by atoms with Gasteiger partial charge >= 0.3 is 0 Å². The molecule has 0 saturated heterocycles. The third-order valence-electron chi connectivity index (χ3n) is 7.11. The fourth-order valence-corrected chi connectivity index (χ4v) is 4.98. The fourth-order valence-electron chi connectivity index (χ4n) is 4.98. The second-order valence-corrected chi connectivity index (χ2v) is 12.1. The van der Waals surface area contributed by atoms with Gasteiger partial charge in [-0.3, -0.25) is 14.6 Å². The van der Waals surface area contributed by atoms with Gasteiger partial charge in [0.15, 0.2) is 5.78 Å². The van der Waals surface area contributed by atoms with Crippen LogP contribution in [0.1, 0.15) is 130 Å². The molecule has 1 aliphatic rings. The minimum absolute atomic E-state index is 0. The van der Waals surface area contributed by atoms with Gasteiger partial charge in [-0.15, -0.1) is 0 Å². The van der Waals surface area contributed by atoms with E-state index in [0.717, 1.165) is 12.3 Å². The normalized spacial score (nSPS) is 15.9. The van der Waals surface area contributed by atoms with Gasteiger partial charge in [0.05, 0.1) is 12.7 Å². The molecule has 6 nitrogen and oxygen atoms in total. The van der Waals surface area contributed by atoms with Crippen molar-refractivity contribution in [2.24, 2.45) is 16.3 Å². The van der Waals surface area contributed by atoms with Crippen LogP contribution in [0.5, 0.6) is 0 Å². The third-order valence-corrected chi connectivity index (χ3v) is 7.11. The number of unbranched alkanes of at least 4 members (excludes halogenated alkanes) is 1. The molecule has 0 bridgehead atoms. The number of carbonyl (C=O) groups excluding carboxylic acids is 2. The molecule has 2 N–H and O–H groups in total. The van der Waals surface area contributed by atoms with Gasteiger partial charge in [0.2, 0.25) is 0 Å². The van der Waals surface area contributed by atoms with Crippen molar-refractivity contribution < 1.29 is 19.4 Å². The van der Waals surface area contributed by atoms with Gasteiger partial charge in [0, 0.05) is 25.1 Å². The van der Waals surface area contributed by atoms with Crippen LogP contribution in [0.4, 0.5) is 0 Å². The van der Waals surface area contributed by atoms with E-state index in [1.165, 1.54) is 37.5 Å². The molecule has 2 rings (SSSR count). The van der Waals surface area contributed by atoms with E-state index in [1.54, 1.807) is 0 Å². The zero-order valence-electron chi connectivity index (χ0n) is 28.0. The van der Waals surface area contributed by atoms with E-state index in [4.69, 9.17) is 5.73 Å². The summed E-state index contributed by atoms with van der Waals surface area (Å²) >= 11 is 0. The van der Waals surface area contributed by atoms with Gasteiger partial charge in [-0.05, 0) is 61.5 Å². The summed E-state index contributed by atoms with van der Waals surface area (Å²) < 4.78 is 4.55. The molecule has 0 fully saturated rings. The number of aliphatic imine (C=N–C) groups is 1. The molecule has 0 radical (unpaired) electrons. The van der Waals surface area contributed by atoms with Crippen LogP contribution >= 0.6 is 0 Å². The monoisotopic (exact) mass is 829 g/mol. The molecule has 0 spiro atoms. The number of carbonyl (C=O) groups is 2. The average Bonchev–Trinajstić information content (AvgIpc) is 2.91. The van der Waals surface area contributed by atoms with Gasteiger partial charge in [-0.25, -0.2) is 0 Å². The van der Waals surface area contributed by atoms with Crippen LogP contribution in [0.3, 0.4) is 0 Å². The Bertz CT molecular complexity index is 968. The number of nitrogens with one attached hydrogen (secondary N) is 1. The summed E-state index contributed by atoms with van der Waals surface area (Å²) in [6, 6.07) is 8.13. The van der Waals surface area contributed by atoms with E-state index >= 15 is 0 Å². The molecule has 0 heterocycles. The van der Waals surface area contributed by atoms with Gasteiger partial charge in [0.1, 0.15) is 5.76 Å². The topological polar surface area (TPSA) is 99.8 Å². The number of esters is 1. The number of aliphatic hydroxyl groups excluding tert-OH is 1. The Labute approximate surface area is 251 Å². The van der Waals surface area contributed by atoms with Crippen LogP contribution in [0, 0.1) is 18.3 Å². The number of hydrogen-bond donors (Lipinski definition) is 1. The molecule has 1 aromatic rings. The largest absolute Gasteiger partial charge is 0.665 e. The van der Waals surface area contributed by atoms with E-state index < -0.39 is 12.0 Å². The number of Topliss-reactive ketones (excluding diaryl/α,β-unsaturated/α-hetero) is 1. The summed E-state index contributed by atoms with van der Waals surface area (Å²) in [7, 11) is 1.29. The van der Waals surface area contributed by atoms with E-state index in [9.17, 15) is 14.7 Å². The molecule has 0 aromatic heterocycles. The molecule has 2 atom stereocenters. The number of ether oxygens (including phenoxy) is 1. The second-order valence-electron chi connectivity index (χ2n) is 12.1. The maximum atomic E-state index is 12.6. The first kappa shape index (κ1) is 40.7. The summed E-state index contributed by atoms with van der Waals surface area (Å²) in [6.07, 6.45) is 7.27. The summed E-state index contributed by atoms with van der Waals surface area (Å²) in [6.45, 7) is 19.3. The number of aliphatic hydroxyl groups is 1. The molecule has 7 heteroatoms. The first-order valence-electron chi connectivity index (χ1n) is 15.7. The number of ketones is 1. The molecule has 1 aliphatic carbocycles. The SMILES string of the molecule is CC.CCCC(CC)c1ccc(C)cc1.COC(=O)C([NH-])CCCCN=C(CC(C)C)C1=C(O)CC(C)(C)CC1=O.[Fm]. The number of aryl methyl sites for hydroxylation is 1. The van der Waals surface area contributed by atoms with E-state index in [1.807, 2.05) is 27.7 Å². The van der Waals surface area contributed by atoms with Gasteiger partial charge < -0.3 is 15.6 Å². The number of benzene rings is 1. The Kier molecular flexibility index (Phi) is 20.6. The van der Waals surface area contributed by atoms with Crippen LogP contribution in [0.15, 0.2) is 40.6 Å². The van der Waals surface area contributed by atoms with Crippen molar-refractivity contribution in [3.05, 3.63) is 52.5 Å². The smallest absolute Gasteiger partial charge is 0.287 e. The van der Waals surface area contributed by atoms with Gasteiger partial charge in [-0.1, -0.05) is 104 Å². The molecule has 1 aromatic carbocycles. The van der Waals surface area contributed by atoms with Crippen LogP contribution in [0.2, 0.25) is 0 Å². The van der Waals surface area contributed by atoms with E-state index in [0.29, 0.717) is 55.9 Å². The number of rotatable bonds is 13. The van der Waals surface area contributed by atoms with Crippen molar-refractivity contribution in [1.29, 1.82) is 0 Å². The molecule has 0 aliphatic heterocycles. The minimum atomic E-state index is -0.854. The number of methoxy groups -OCH3 is 1. The second kappa shape index (κ2) is 21.3. The number of allylic oxidation sites excluding steroid dienone is 2. The first-order valence-corrected chi connectivity index (χ1v) is 15.7. The summed E-state index contributed by atoms with van der Waals surface area (Å²) in [5, 5.41) is 10.4. The Hall–Kier alpha value is -3.47. The van der Waals surface area contributed by atoms with Crippen molar-refractivity contribution in [2.45, 2.75) is 132 Å². The van der Waals surface area contributed by atoms with Crippen molar-refractivity contribution >= 4 is 17.5 Å². The molecular formula is C35H59FmN2O4-. The average molecular weight is 829 g/mol. The summed E-state index contributed by atoms with van der Waals surface area (Å²) in [5.74, 6) is 0.705.